The standard InChI is InChI=1S/C56H73ClN8O11S2/c1-35-37(3)78-55-49(35)50(40-13-15-42(57)16-14-40)60-44(53-63-62-38(4)65(53)55)31-47(68)58-18-19-71-20-21-72-22-23-73-24-25-74-26-27-75-28-29-76-33-48(69)61-52(56(5,6)7)54(70)64-32-43(66)30-45(64)46(67)17-10-39-8-11-41(12-9-39)51-36(2)59-34-77-51/h8-9,11-16,34,43-45,52,66H,10,17-33H2,1-7H3,(H,58,68)(H,61,69)/t43-,44+,45+,52-/m1/s1. The van der Waals surface area contributed by atoms with E-state index >= 15 is 0 Å². The first-order chi connectivity index (χ1) is 37.5. The summed E-state index contributed by atoms with van der Waals surface area (Å²) >= 11 is 9.48. The van der Waals surface area contributed by atoms with E-state index < -0.39 is 41.5 Å². The third-order valence-corrected chi connectivity index (χ3v) is 15.8. The first-order valence-corrected chi connectivity index (χ1v) is 28.5. The number of ether oxygens (including phenoxy) is 6. The van der Waals surface area contributed by atoms with Gasteiger partial charge in [0.2, 0.25) is 17.7 Å². The summed E-state index contributed by atoms with van der Waals surface area (Å²) in [6, 6.07) is 13.4. The Labute approximate surface area is 469 Å². The molecule has 0 aliphatic carbocycles. The van der Waals surface area contributed by atoms with Crippen molar-refractivity contribution in [2.75, 3.05) is 92.4 Å². The van der Waals surface area contributed by atoms with Crippen molar-refractivity contribution in [3.8, 4) is 15.4 Å². The van der Waals surface area contributed by atoms with Crippen molar-refractivity contribution >= 4 is 63.5 Å². The second kappa shape index (κ2) is 29.2. The molecule has 3 N–H and O–H groups in total. The normalized spacial score (nSPS) is 16.6. The molecule has 3 aromatic heterocycles. The molecule has 5 aromatic rings. The van der Waals surface area contributed by atoms with Crippen LogP contribution in [-0.4, -0.2) is 170 Å². The fraction of sp³-hybridized carbons (Fsp3) is 0.536. The lowest BCUT2D eigenvalue weighted by Gasteiger charge is -2.35. The van der Waals surface area contributed by atoms with Gasteiger partial charge in [-0.3, -0.25) is 28.7 Å². The second-order valence-electron chi connectivity index (χ2n) is 20.3. The minimum absolute atomic E-state index is 0.0174. The number of nitrogens with one attached hydrogen (secondary N) is 2. The van der Waals surface area contributed by atoms with Crippen molar-refractivity contribution in [2.45, 2.75) is 98.4 Å². The maximum absolute atomic E-state index is 14.0. The van der Waals surface area contributed by atoms with Crippen LogP contribution in [0.15, 0.2) is 59.0 Å². The Hall–Kier alpha value is -5.33. The maximum Gasteiger partial charge on any atom is 0.246 e. The molecule has 422 valence electrons. The molecule has 5 heterocycles. The van der Waals surface area contributed by atoms with Crippen LogP contribution in [0.25, 0.3) is 15.4 Å². The molecule has 2 aromatic carbocycles. The molecular weight excluding hydrogens is 1060 g/mol. The number of hydrogen-bond donors (Lipinski definition) is 3. The number of aliphatic hydroxyl groups excluding tert-OH is 1. The number of amides is 3. The Balaban J connectivity index is 0.686. The average Bonchev–Trinajstić information content (AvgIpc) is 4.34. The second-order valence-corrected chi connectivity index (χ2v) is 22.8. The van der Waals surface area contributed by atoms with E-state index in [4.69, 9.17) is 45.0 Å². The molecule has 7 rings (SSSR count). The quantitative estimate of drug-likeness (QED) is 0.0416. The summed E-state index contributed by atoms with van der Waals surface area (Å²) in [4.78, 5) is 66.9. The highest BCUT2D eigenvalue weighted by Crippen LogP contribution is 2.40. The molecular formula is C56H73ClN8O11S2. The Morgan fingerprint density at radius 1 is 0.795 bits per heavy atom. The number of aliphatic hydroxyl groups is 1. The number of β-amino-alcohol motifs (C(OH)–C–C–N with tert-alkyl or cyclic N) is 1. The summed E-state index contributed by atoms with van der Waals surface area (Å²) in [5.74, 6) is 0.160. The number of carbonyl (C=O) groups is 4. The molecule has 0 unspecified atom stereocenters. The summed E-state index contributed by atoms with van der Waals surface area (Å²) in [5, 5.41) is 26.8. The molecule has 0 saturated carbocycles. The van der Waals surface area contributed by atoms with Crippen molar-refractivity contribution in [3.63, 3.8) is 0 Å². The Morgan fingerprint density at radius 3 is 2.00 bits per heavy atom. The summed E-state index contributed by atoms with van der Waals surface area (Å²) in [7, 11) is 0. The fourth-order valence-electron chi connectivity index (χ4n) is 9.12. The van der Waals surface area contributed by atoms with E-state index in [-0.39, 0.29) is 57.3 Å². The number of Topliss-reactive ketones (excluding diaryl/α,β-unsaturated/α-hetero) is 1. The van der Waals surface area contributed by atoms with Gasteiger partial charge in [0.05, 0.1) is 113 Å². The maximum atomic E-state index is 14.0. The van der Waals surface area contributed by atoms with Crippen LogP contribution in [0.5, 0.6) is 0 Å². The molecule has 19 nitrogen and oxygen atoms in total. The van der Waals surface area contributed by atoms with Crippen LogP contribution in [0.3, 0.4) is 0 Å². The SMILES string of the molecule is Cc1ncsc1-c1ccc(CCC(=O)[C@@H]2C[C@@H](O)CN2C(=O)[C@@H](NC(=O)COCCOCCOCCOCCOCCOCCNC(=O)C[C@@H]2N=C(c3ccc(Cl)cc3)c3c(sc(C)c3C)-n3c(C)nnc32)C(C)(C)C)cc1. The van der Waals surface area contributed by atoms with E-state index in [2.05, 4.69) is 39.7 Å². The van der Waals surface area contributed by atoms with Crippen LogP contribution < -0.4 is 10.6 Å². The van der Waals surface area contributed by atoms with Crippen LogP contribution in [0.2, 0.25) is 5.02 Å². The van der Waals surface area contributed by atoms with Crippen LogP contribution in [0, 0.1) is 33.1 Å². The number of hydrogen-bond acceptors (Lipinski definition) is 17. The van der Waals surface area contributed by atoms with Gasteiger partial charge in [0.1, 0.15) is 29.5 Å². The number of thiazole rings is 1. The Bertz CT molecular complexity index is 2810. The van der Waals surface area contributed by atoms with Gasteiger partial charge in [0.25, 0.3) is 0 Å². The minimum atomic E-state index is -0.944. The zero-order valence-corrected chi connectivity index (χ0v) is 48.0. The summed E-state index contributed by atoms with van der Waals surface area (Å²) in [6.07, 6.45) is 0.120. The molecule has 2 aliphatic heterocycles. The van der Waals surface area contributed by atoms with Crippen molar-refractivity contribution in [1.29, 1.82) is 0 Å². The van der Waals surface area contributed by atoms with Crippen LogP contribution >= 0.6 is 34.3 Å². The zero-order chi connectivity index (χ0) is 55.8. The van der Waals surface area contributed by atoms with Gasteiger partial charge in [-0.15, -0.1) is 32.9 Å². The molecule has 2 aliphatic rings. The van der Waals surface area contributed by atoms with E-state index in [1.165, 1.54) is 9.78 Å². The molecule has 0 spiro atoms. The topological polar surface area (TPSA) is 227 Å². The molecule has 4 atom stereocenters. The molecule has 22 heteroatoms. The monoisotopic (exact) mass is 1130 g/mol. The number of rotatable bonds is 30. The number of ketones is 1. The van der Waals surface area contributed by atoms with Gasteiger partial charge in [-0.2, -0.15) is 0 Å². The van der Waals surface area contributed by atoms with Gasteiger partial charge in [0.15, 0.2) is 11.6 Å². The lowest BCUT2D eigenvalue weighted by Crippen LogP contribution is -2.57. The van der Waals surface area contributed by atoms with Crippen molar-refractivity contribution in [1.82, 2.24) is 35.3 Å². The molecule has 3 amide bonds. The van der Waals surface area contributed by atoms with Gasteiger partial charge in [-0.05, 0) is 68.4 Å². The van der Waals surface area contributed by atoms with E-state index in [1.54, 1.807) is 22.7 Å². The van der Waals surface area contributed by atoms with Crippen molar-refractivity contribution in [2.24, 2.45) is 10.4 Å². The van der Waals surface area contributed by atoms with E-state index in [9.17, 15) is 24.3 Å². The van der Waals surface area contributed by atoms with Crippen LogP contribution in [0.4, 0.5) is 0 Å². The molecule has 0 bridgehead atoms. The minimum Gasteiger partial charge on any atom is -0.391 e. The number of nitrogens with zero attached hydrogens (tertiary/aromatic N) is 6. The lowest BCUT2D eigenvalue weighted by atomic mass is 9.85. The highest BCUT2D eigenvalue weighted by atomic mass is 35.5. The molecule has 1 saturated heterocycles. The number of likely N-dealkylation sites (tertiary alicyclic amines) is 1. The largest absolute Gasteiger partial charge is 0.391 e. The Morgan fingerprint density at radius 2 is 1.40 bits per heavy atom. The smallest absolute Gasteiger partial charge is 0.246 e. The highest BCUT2D eigenvalue weighted by molar-refractivity contribution is 7.15. The average molecular weight is 1130 g/mol. The zero-order valence-electron chi connectivity index (χ0n) is 45.6. The fourth-order valence-corrected chi connectivity index (χ4v) is 11.3. The van der Waals surface area contributed by atoms with Crippen molar-refractivity contribution in [3.05, 3.63) is 104 Å². The Kier molecular flexibility index (Phi) is 22.6. The summed E-state index contributed by atoms with van der Waals surface area (Å²) in [5.41, 5.74) is 8.02. The number of thiophene rings is 1. The summed E-state index contributed by atoms with van der Waals surface area (Å²) in [6.45, 7) is 17.3. The molecule has 1 fully saturated rings. The first kappa shape index (κ1) is 60.3. The first-order valence-electron chi connectivity index (χ1n) is 26.4. The van der Waals surface area contributed by atoms with Gasteiger partial charge in [-0.1, -0.05) is 68.8 Å². The molecule has 78 heavy (non-hydrogen) atoms. The van der Waals surface area contributed by atoms with Crippen molar-refractivity contribution < 1.29 is 52.7 Å². The predicted octanol–water partition coefficient (Wildman–Crippen LogP) is 6.53. The lowest BCUT2D eigenvalue weighted by molar-refractivity contribution is -0.144. The van der Waals surface area contributed by atoms with E-state index in [0.29, 0.717) is 83.3 Å². The summed E-state index contributed by atoms with van der Waals surface area (Å²) < 4.78 is 35.6. The van der Waals surface area contributed by atoms with Gasteiger partial charge in [-0.25, -0.2) is 4.98 Å². The van der Waals surface area contributed by atoms with E-state index in [0.717, 1.165) is 54.9 Å². The number of benzene rings is 2. The number of fused-ring (bicyclic) bond motifs is 3. The number of aromatic nitrogens is 4. The van der Waals surface area contributed by atoms with Crippen LogP contribution in [-0.2, 0) is 54.0 Å². The number of carbonyl (C=O) groups excluding carboxylic acids is 4. The number of aryl methyl sites for hydroxylation is 4. The number of halogens is 1. The highest BCUT2D eigenvalue weighted by Gasteiger charge is 2.44. The van der Waals surface area contributed by atoms with Gasteiger partial charge in [0, 0.05) is 47.0 Å². The van der Waals surface area contributed by atoms with E-state index in [1.807, 2.05) is 93.2 Å². The number of aliphatic imine (C=N–C) groups is 1. The van der Waals surface area contributed by atoms with Crippen LogP contribution in [0.1, 0.15) is 90.5 Å². The third kappa shape index (κ3) is 16.6. The van der Waals surface area contributed by atoms with Gasteiger partial charge < -0.3 is 49.1 Å². The van der Waals surface area contributed by atoms with Gasteiger partial charge >= 0.3 is 0 Å². The predicted molar refractivity (Wildman–Crippen MR) is 299 cm³/mol. The molecule has 0 radical (unpaired) electrons. The third-order valence-electron chi connectivity index (χ3n) is 13.4.